The largest absolute Gasteiger partial charge is 0.480 e. The van der Waals surface area contributed by atoms with E-state index in [0.717, 1.165) is 15.4 Å². The number of ether oxygens (including phenoxy) is 1. The van der Waals surface area contributed by atoms with Crippen LogP contribution in [0, 0.1) is 13.8 Å². The van der Waals surface area contributed by atoms with Gasteiger partial charge < -0.3 is 15.2 Å². The number of rotatable bonds is 6. The zero-order valence-electron chi connectivity index (χ0n) is 12.9. The Kier molecular flexibility index (Phi) is 5.70. The smallest absolute Gasteiger partial charge is 0.408 e. The molecular weight excluding hydrogens is 316 g/mol. The molecule has 6 nitrogen and oxygen atoms in total. The normalized spacial score (nSPS) is 11.7. The minimum absolute atomic E-state index is 0.0911. The Morgan fingerprint density at radius 1 is 1.30 bits per heavy atom. The summed E-state index contributed by atoms with van der Waals surface area (Å²) in [6, 6.07) is 8.11. The van der Waals surface area contributed by atoms with Crippen LogP contribution in [0.25, 0.3) is 0 Å². The van der Waals surface area contributed by atoms with Crippen molar-refractivity contribution < 1.29 is 19.4 Å². The number of benzene rings is 1. The van der Waals surface area contributed by atoms with Crippen LogP contribution in [0.15, 0.2) is 30.3 Å². The maximum Gasteiger partial charge on any atom is 0.408 e. The van der Waals surface area contributed by atoms with Gasteiger partial charge in [-0.15, -0.1) is 11.3 Å². The molecule has 0 spiro atoms. The molecule has 122 valence electrons. The van der Waals surface area contributed by atoms with E-state index in [-0.39, 0.29) is 13.0 Å². The number of hydrogen-bond donors (Lipinski definition) is 2. The van der Waals surface area contributed by atoms with Crippen LogP contribution in [0.1, 0.15) is 21.1 Å². The first-order valence-corrected chi connectivity index (χ1v) is 7.90. The number of carbonyl (C=O) groups is 2. The third kappa shape index (κ3) is 5.07. The fourth-order valence-corrected chi connectivity index (χ4v) is 2.91. The van der Waals surface area contributed by atoms with E-state index in [0.29, 0.717) is 5.69 Å². The molecule has 7 heteroatoms. The lowest BCUT2D eigenvalue weighted by Gasteiger charge is -2.14. The molecule has 2 rings (SSSR count). The summed E-state index contributed by atoms with van der Waals surface area (Å²) in [5.41, 5.74) is 1.52. The molecule has 1 atom stereocenters. The highest BCUT2D eigenvalue weighted by Crippen LogP contribution is 2.18. The summed E-state index contributed by atoms with van der Waals surface area (Å²) < 4.78 is 5.05. The lowest BCUT2D eigenvalue weighted by molar-refractivity contribution is -0.139. The second-order valence-corrected chi connectivity index (χ2v) is 6.44. The number of aryl methyl sites for hydroxylation is 2. The van der Waals surface area contributed by atoms with Crippen molar-refractivity contribution in [2.45, 2.75) is 32.9 Å². The van der Waals surface area contributed by atoms with Crippen LogP contribution < -0.4 is 5.32 Å². The standard InChI is InChI=1S/C16H18N2O4S/c1-10-13(17-11(2)23-10)8-14(15(19)20)18-16(21)22-9-12-6-4-3-5-7-12/h3-7,14H,8-9H2,1-2H3,(H,18,21)(H,19,20). The van der Waals surface area contributed by atoms with Gasteiger partial charge in [-0.1, -0.05) is 30.3 Å². The van der Waals surface area contributed by atoms with Gasteiger partial charge in [0.2, 0.25) is 0 Å². The van der Waals surface area contributed by atoms with Crippen molar-refractivity contribution in [2.24, 2.45) is 0 Å². The third-order valence-electron chi connectivity index (χ3n) is 3.20. The lowest BCUT2D eigenvalue weighted by atomic mass is 10.1. The van der Waals surface area contributed by atoms with E-state index in [1.165, 1.54) is 11.3 Å². The van der Waals surface area contributed by atoms with E-state index in [9.17, 15) is 14.7 Å². The van der Waals surface area contributed by atoms with Gasteiger partial charge >= 0.3 is 12.1 Å². The predicted octanol–water partition coefficient (Wildman–Crippen LogP) is 2.68. The number of carboxylic acids is 1. The zero-order valence-corrected chi connectivity index (χ0v) is 13.7. The molecule has 0 radical (unpaired) electrons. The van der Waals surface area contributed by atoms with Crippen molar-refractivity contribution in [1.82, 2.24) is 10.3 Å². The van der Waals surface area contributed by atoms with Gasteiger partial charge in [0, 0.05) is 11.3 Å². The van der Waals surface area contributed by atoms with Crippen molar-refractivity contribution >= 4 is 23.4 Å². The number of carbonyl (C=O) groups excluding carboxylic acids is 1. The average Bonchev–Trinajstić information content (AvgIpc) is 2.83. The number of thiazole rings is 1. The van der Waals surface area contributed by atoms with Crippen LogP contribution in [0.3, 0.4) is 0 Å². The monoisotopic (exact) mass is 334 g/mol. The third-order valence-corrected chi connectivity index (χ3v) is 4.13. The number of amides is 1. The number of alkyl carbamates (subject to hydrolysis) is 1. The van der Waals surface area contributed by atoms with Crippen molar-refractivity contribution in [3.8, 4) is 0 Å². The first-order chi connectivity index (χ1) is 11.0. The highest BCUT2D eigenvalue weighted by atomic mass is 32.1. The molecular formula is C16H18N2O4S. The van der Waals surface area contributed by atoms with Gasteiger partial charge in [-0.3, -0.25) is 0 Å². The topological polar surface area (TPSA) is 88.5 Å². The van der Waals surface area contributed by atoms with Gasteiger partial charge in [0.15, 0.2) is 0 Å². The summed E-state index contributed by atoms with van der Waals surface area (Å²) in [6.07, 6.45) is -0.628. The fourth-order valence-electron chi connectivity index (χ4n) is 2.06. The van der Waals surface area contributed by atoms with E-state index >= 15 is 0 Å². The first-order valence-electron chi connectivity index (χ1n) is 7.08. The molecule has 0 saturated carbocycles. The van der Waals surface area contributed by atoms with E-state index < -0.39 is 18.1 Å². The summed E-state index contributed by atoms with van der Waals surface area (Å²) in [6.45, 7) is 3.83. The van der Waals surface area contributed by atoms with Gasteiger partial charge in [0.05, 0.1) is 10.7 Å². The molecule has 0 aliphatic rings. The Hall–Kier alpha value is -2.41. The van der Waals surface area contributed by atoms with Crippen molar-refractivity contribution in [2.75, 3.05) is 0 Å². The van der Waals surface area contributed by atoms with Gasteiger partial charge in [0.1, 0.15) is 12.6 Å². The lowest BCUT2D eigenvalue weighted by Crippen LogP contribution is -2.42. The van der Waals surface area contributed by atoms with Crippen LogP contribution in [0.5, 0.6) is 0 Å². The number of hydrogen-bond acceptors (Lipinski definition) is 5. The van der Waals surface area contributed by atoms with E-state index in [1.54, 1.807) is 0 Å². The average molecular weight is 334 g/mol. The fraction of sp³-hybridized carbons (Fsp3) is 0.312. The minimum atomic E-state index is -1.12. The Labute approximate surface area is 138 Å². The Bertz CT molecular complexity index is 685. The zero-order chi connectivity index (χ0) is 16.8. The summed E-state index contributed by atoms with van der Waals surface area (Å²) in [7, 11) is 0. The molecule has 0 fully saturated rings. The minimum Gasteiger partial charge on any atom is -0.480 e. The molecule has 0 bridgehead atoms. The molecule has 1 heterocycles. The molecule has 0 saturated heterocycles. The Balaban J connectivity index is 1.92. The molecule has 1 amide bonds. The molecule has 0 aliphatic heterocycles. The van der Waals surface area contributed by atoms with Crippen LogP contribution in [-0.2, 0) is 22.6 Å². The highest BCUT2D eigenvalue weighted by molar-refractivity contribution is 7.11. The van der Waals surface area contributed by atoms with E-state index in [2.05, 4.69) is 10.3 Å². The maximum absolute atomic E-state index is 11.8. The molecule has 0 aliphatic carbocycles. The number of nitrogens with one attached hydrogen (secondary N) is 1. The highest BCUT2D eigenvalue weighted by Gasteiger charge is 2.23. The number of aromatic nitrogens is 1. The van der Waals surface area contributed by atoms with Crippen LogP contribution >= 0.6 is 11.3 Å². The van der Waals surface area contributed by atoms with Crippen LogP contribution in [-0.4, -0.2) is 28.2 Å². The second kappa shape index (κ2) is 7.73. The molecule has 23 heavy (non-hydrogen) atoms. The molecule has 2 aromatic rings. The summed E-state index contributed by atoms with van der Waals surface area (Å²) >= 11 is 1.50. The van der Waals surface area contributed by atoms with E-state index in [1.807, 2.05) is 44.2 Å². The predicted molar refractivity (Wildman–Crippen MR) is 86.5 cm³/mol. The second-order valence-electron chi connectivity index (χ2n) is 5.04. The Morgan fingerprint density at radius 3 is 2.57 bits per heavy atom. The van der Waals surface area contributed by atoms with Gasteiger partial charge in [0.25, 0.3) is 0 Å². The summed E-state index contributed by atoms with van der Waals surface area (Å²) in [5.74, 6) is -1.12. The molecule has 2 N–H and O–H groups in total. The number of nitrogens with zero attached hydrogens (tertiary/aromatic N) is 1. The summed E-state index contributed by atoms with van der Waals surface area (Å²) in [4.78, 5) is 28.4. The molecule has 1 aromatic carbocycles. The SMILES string of the molecule is Cc1nc(CC(NC(=O)OCc2ccccc2)C(=O)O)c(C)s1. The van der Waals surface area contributed by atoms with Crippen molar-refractivity contribution in [3.05, 3.63) is 51.5 Å². The maximum atomic E-state index is 11.8. The van der Waals surface area contributed by atoms with Gasteiger partial charge in [-0.25, -0.2) is 14.6 Å². The van der Waals surface area contributed by atoms with Gasteiger partial charge in [-0.2, -0.15) is 0 Å². The quantitative estimate of drug-likeness (QED) is 0.848. The van der Waals surface area contributed by atoms with Gasteiger partial charge in [-0.05, 0) is 19.4 Å². The van der Waals surface area contributed by atoms with E-state index in [4.69, 9.17) is 4.74 Å². The van der Waals surface area contributed by atoms with Crippen molar-refractivity contribution in [3.63, 3.8) is 0 Å². The Morgan fingerprint density at radius 2 is 2.00 bits per heavy atom. The van der Waals surface area contributed by atoms with Crippen LogP contribution in [0.2, 0.25) is 0 Å². The van der Waals surface area contributed by atoms with Crippen LogP contribution in [0.4, 0.5) is 4.79 Å². The number of carboxylic acid groups (broad SMARTS) is 1. The van der Waals surface area contributed by atoms with Crippen molar-refractivity contribution in [1.29, 1.82) is 0 Å². The number of aliphatic carboxylic acids is 1. The molecule has 1 aromatic heterocycles. The molecule has 1 unspecified atom stereocenters. The summed E-state index contributed by atoms with van der Waals surface area (Å²) in [5, 5.41) is 12.5. The first kappa shape index (κ1) is 17.0.